The number of aryl methyl sites for hydroxylation is 1. The number of nitrogens with zero attached hydrogens (tertiary/aromatic N) is 6. The predicted octanol–water partition coefficient (Wildman–Crippen LogP) is -0.414. The largest absolute Gasteiger partial charge is 0.388 e. The van der Waals surface area contributed by atoms with Crippen LogP contribution in [-0.4, -0.2) is 46.8 Å². The van der Waals surface area contributed by atoms with E-state index in [9.17, 15) is 4.79 Å². The van der Waals surface area contributed by atoms with Crippen LogP contribution < -0.4 is 0 Å². The Morgan fingerprint density at radius 2 is 2.21 bits per heavy atom. The zero-order chi connectivity index (χ0) is 13.4. The van der Waals surface area contributed by atoms with E-state index in [1.807, 2.05) is 4.57 Å². The molecular weight excluding hydrogens is 268 g/mol. The number of amides is 1. The quantitative estimate of drug-likeness (QED) is 0.803. The van der Waals surface area contributed by atoms with E-state index in [-0.39, 0.29) is 12.5 Å². The number of aliphatic hydroxyl groups excluding tert-OH is 1. The smallest absolute Gasteiger partial charge is 0.267 e. The minimum atomic E-state index is -0.140. The van der Waals surface area contributed by atoms with Crippen molar-refractivity contribution in [3.63, 3.8) is 0 Å². The molecular formula is C10H12N6O2S. The summed E-state index contributed by atoms with van der Waals surface area (Å²) in [7, 11) is 0. The van der Waals surface area contributed by atoms with Crippen LogP contribution in [0.4, 0.5) is 0 Å². The second-order valence-corrected chi connectivity index (χ2v) is 5.01. The van der Waals surface area contributed by atoms with Crippen LogP contribution in [0.15, 0.2) is 0 Å². The Bertz CT molecular complexity index is 621. The number of hydrogen-bond acceptors (Lipinski definition) is 7. The monoisotopic (exact) mass is 280 g/mol. The van der Waals surface area contributed by atoms with E-state index in [4.69, 9.17) is 5.11 Å². The Morgan fingerprint density at radius 1 is 1.37 bits per heavy atom. The van der Waals surface area contributed by atoms with Crippen molar-refractivity contribution in [2.75, 3.05) is 6.54 Å². The van der Waals surface area contributed by atoms with Gasteiger partial charge in [-0.15, -0.1) is 15.3 Å². The average Bonchev–Trinajstić information content (AvgIpc) is 3.02. The van der Waals surface area contributed by atoms with Crippen molar-refractivity contribution >= 4 is 17.4 Å². The van der Waals surface area contributed by atoms with Crippen LogP contribution in [0.25, 0.3) is 0 Å². The summed E-state index contributed by atoms with van der Waals surface area (Å²) >= 11 is 1.11. The van der Waals surface area contributed by atoms with E-state index in [2.05, 4.69) is 19.8 Å². The van der Waals surface area contributed by atoms with Crippen LogP contribution in [0.5, 0.6) is 0 Å². The van der Waals surface area contributed by atoms with E-state index in [0.717, 1.165) is 11.5 Å². The number of carbonyl (C=O) groups excluding carboxylic acids is 1. The highest BCUT2D eigenvalue weighted by Crippen LogP contribution is 2.18. The van der Waals surface area contributed by atoms with Gasteiger partial charge in [-0.25, -0.2) is 0 Å². The molecule has 19 heavy (non-hydrogen) atoms. The molecule has 1 N–H and O–H groups in total. The zero-order valence-electron chi connectivity index (χ0n) is 10.3. The van der Waals surface area contributed by atoms with E-state index in [1.165, 1.54) is 0 Å². The van der Waals surface area contributed by atoms with Crippen LogP contribution in [0.1, 0.15) is 27.0 Å². The first-order chi connectivity index (χ1) is 9.20. The molecule has 2 aromatic rings. The van der Waals surface area contributed by atoms with Gasteiger partial charge >= 0.3 is 0 Å². The van der Waals surface area contributed by atoms with Gasteiger partial charge in [0.1, 0.15) is 11.5 Å². The van der Waals surface area contributed by atoms with Crippen molar-refractivity contribution in [1.29, 1.82) is 0 Å². The molecule has 1 aliphatic heterocycles. The first-order valence-corrected chi connectivity index (χ1v) is 6.58. The predicted molar refractivity (Wildman–Crippen MR) is 65.3 cm³/mol. The molecule has 0 radical (unpaired) electrons. The van der Waals surface area contributed by atoms with Gasteiger partial charge in [-0.1, -0.05) is 4.49 Å². The van der Waals surface area contributed by atoms with Gasteiger partial charge in [0.25, 0.3) is 5.91 Å². The maximum Gasteiger partial charge on any atom is 0.267 e. The first-order valence-electron chi connectivity index (χ1n) is 5.80. The van der Waals surface area contributed by atoms with Gasteiger partial charge in [0.2, 0.25) is 0 Å². The topological polar surface area (TPSA) is 97.0 Å². The number of hydrogen-bond donors (Lipinski definition) is 1. The number of carbonyl (C=O) groups is 1. The molecule has 0 unspecified atom stereocenters. The molecule has 100 valence electrons. The van der Waals surface area contributed by atoms with Gasteiger partial charge < -0.3 is 14.6 Å². The van der Waals surface area contributed by atoms with Gasteiger partial charge in [-0.3, -0.25) is 4.79 Å². The molecule has 9 heteroatoms. The van der Waals surface area contributed by atoms with Crippen molar-refractivity contribution in [2.24, 2.45) is 0 Å². The lowest BCUT2D eigenvalue weighted by molar-refractivity contribution is 0.0709. The van der Waals surface area contributed by atoms with E-state index in [0.29, 0.717) is 41.9 Å². The molecule has 0 atom stereocenters. The van der Waals surface area contributed by atoms with Crippen molar-refractivity contribution in [2.45, 2.75) is 26.6 Å². The SMILES string of the molecule is Cc1nnsc1C(=O)N1CCn2c(CO)nnc2C1. The summed E-state index contributed by atoms with van der Waals surface area (Å²) in [6.45, 7) is 3.18. The van der Waals surface area contributed by atoms with Crippen molar-refractivity contribution < 1.29 is 9.90 Å². The highest BCUT2D eigenvalue weighted by Gasteiger charge is 2.27. The lowest BCUT2D eigenvalue weighted by atomic mass is 10.3. The summed E-state index contributed by atoms with van der Waals surface area (Å²) in [5, 5.41) is 20.9. The number of aromatic nitrogens is 5. The molecule has 1 aliphatic rings. The minimum Gasteiger partial charge on any atom is -0.388 e. The molecule has 3 rings (SSSR count). The molecule has 0 aliphatic carbocycles. The summed E-state index contributed by atoms with van der Waals surface area (Å²) in [5.41, 5.74) is 0.651. The molecule has 0 saturated carbocycles. The van der Waals surface area contributed by atoms with Crippen molar-refractivity contribution in [1.82, 2.24) is 29.3 Å². The van der Waals surface area contributed by atoms with Gasteiger partial charge in [0.15, 0.2) is 11.6 Å². The second-order valence-electron chi connectivity index (χ2n) is 4.26. The molecule has 0 bridgehead atoms. The Morgan fingerprint density at radius 3 is 2.89 bits per heavy atom. The number of rotatable bonds is 2. The van der Waals surface area contributed by atoms with Crippen LogP contribution in [0, 0.1) is 6.92 Å². The number of fused-ring (bicyclic) bond motifs is 1. The summed E-state index contributed by atoms with van der Waals surface area (Å²) in [4.78, 5) is 14.6. The summed E-state index contributed by atoms with van der Waals surface area (Å²) in [5.74, 6) is 1.16. The van der Waals surface area contributed by atoms with Crippen LogP contribution >= 0.6 is 11.5 Å². The van der Waals surface area contributed by atoms with E-state index in [1.54, 1.807) is 11.8 Å². The van der Waals surface area contributed by atoms with Gasteiger partial charge in [0.05, 0.1) is 12.2 Å². The van der Waals surface area contributed by atoms with E-state index < -0.39 is 0 Å². The first kappa shape index (κ1) is 12.2. The third-order valence-corrected chi connectivity index (χ3v) is 3.92. The fourth-order valence-corrected chi connectivity index (χ4v) is 2.70. The Balaban J connectivity index is 1.83. The molecule has 0 saturated heterocycles. The normalized spacial score (nSPS) is 14.5. The molecule has 3 heterocycles. The molecule has 1 amide bonds. The number of aliphatic hydroxyl groups is 1. The lowest BCUT2D eigenvalue weighted by Crippen LogP contribution is -2.38. The van der Waals surface area contributed by atoms with Gasteiger partial charge in [-0.2, -0.15) is 0 Å². The van der Waals surface area contributed by atoms with Crippen molar-refractivity contribution in [3.05, 3.63) is 22.2 Å². The van der Waals surface area contributed by atoms with Gasteiger partial charge in [0, 0.05) is 13.1 Å². The lowest BCUT2D eigenvalue weighted by Gasteiger charge is -2.27. The standard InChI is InChI=1S/C10H12N6O2S/c1-6-9(19-14-11-6)10(18)15-2-3-16-7(4-15)12-13-8(16)5-17/h17H,2-5H2,1H3. The molecule has 0 aromatic carbocycles. The highest BCUT2D eigenvalue weighted by molar-refractivity contribution is 7.07. The Kier molecular flexibility index (Phi) is 2.99. The zero-order valence-corrected chi connectivity index (χ0v) is 11.1. The Labute approximate surface area is 112 Å². The highest BCUT2D eigenvalue weighted by atomic mass is 32.1. The average molecular weight is 280 g/mol. The summed E-state index contributed by atoms with van der Waals surface area (Å²) in [6, 6.07) is 0. The molecule has 0 fully saturated rings. The van der Waals surface area contributed by atoms with E-state index >= 15 is 0 Å². The molecule has 0 spiro atoms. The van der Waals surface area contributed by atoms with Crippen LogP contribution in [0.3, 0.4) is 0 Å². The molecule has 8 nitrogen and oxygen atoms in total. The molecule has 2 aromatic heterocycles. The minimum absolute atomic E-state index is 0.0766. The van der Waals surface area contributed by atoms with Crippen LogP contribution in [0.2, 0.25) is 0 Å². The van der Waals surface area contributed by atoms with Crippen LogP contribution in [-0.2, 0) is 19.7 Å². The van der Waals surface area contributed by atoms with Crippen molar-refractivity contribution in [3.8, 4) is 0 Å². The fraction of sp³-hybridized carbons (Fsp3) is 0.500. The Hall–Kier alpha value is -1.87. The summed E-state index contributed by atoms with van der Waals surface area (Å²) < 4.78 is 5.63. The third kappa shape index (κ3) is 2.00. The third-order valence-electron chi connectivity index (χ3n) is 3.10. The maximum absolute atomic E-state index is 12.3. The second kappa shape index (κ2) is 4.67. The summed E-state index contributed by atoms with van der Waals surface area (Å²) in [6.07, 6.45) is 0. The maximum atomic E-state index is 12.3. The fourth-order valence-electron chi connectivity index (χ4n) is 2.08. The van der Waals surface area contributed by atoms with Gasteiger partial charge in [-0.05, 0) is 18.5 Å².